The number of halogens is 1. The van der Waals surface area contributed by atoms with Gasteiger partial charge in [-0.3, -0.25) is 4.79 Å². The Kier molecular flexibility index (Phi) is 4.42. The van der Waals surface area contributed by atoms with Crippen molar-refractivity contribution in [2.24, 2.45) is 5.73 Å². The number of nitrogens with two attached hydrogens (primary N) is 2. The number of hydrogen-bond acceptors (Lipinski definition) is 4. The Bertz CT molecular complexity index is 398. The number of nitrogen functional groups attached to an aromatic ring is 1. The standard InChI is InChI=1S/C10H14FN3OS/c1-16-3-2-14-9-4-6(10(13)15)8(12)5-7(9)11/h4-5,14H,2-3,12H2,1H3,(H2,13,15). The molecule has 0 heterocycles. The van der Waals surface area contributed by atoms with E-state index in [-0.39, 0.29) is 16.9 Å². The zero-order chi connectivity index (χ0) is 12.1. The molecule has 6 heteroatoms. The average Bonchev–Trinajstić information content (AvgIpc) is 2.21. The van der Waals surface area contributed by atoms with Crippen LogP contribution in [0.5, 0.6) is 0 Å². The van der Waals surface area contributed by atoms with Gasteiger partial charge in [0.25, 0.3) is 5.91 Å². The van der Waals surface area contributed by atoms with Gasteiger partial charge in [-0.2, -0.15) is 11.8 Å². The second kappa shape index (κ2) is 5.60. The summed E-state index contributed by atoms with van der Waals surface area (Å²) in [5, 5.41) is 2.88. The lowest BCUT2D eigenvalue weighted by Gasteiger charge is -2.09. The molecular weight excluding hydrogens is 229 g/mol. The quantitative estimate of drug-likeness (QED) is 0.537. The molecule has 5 N–H and O–H groups in total. The van der Waals surface area contributed by atoms with Crippen LogP contribution in [0.4, 0.5) is 15.8 Å². The third-order valence-corrected chi connectivity index (χ3v) is 2.64. The van der Waals surface area contributed by atoms with E-state index in [1.54, 1.807) is 11.8 Å². The molecule has 1 aromatic carbocycles. The SMILES string of the molecule is CSCCNc1cc(C(N)=O)c(N)cc1F. The predicted molar refractivity (Wildman–Crippen MR) is 66.2 cm³/mol. The van der Waals surface area contributed by atoms with Gasteiger partial charge >= 0.3 is 0 Å². The van der Waals surface area contributed by atoms with Crippen molar-refractivity contribution >= 4 is 29.0 Å². The van der Waals surface area contributed by atoms with E-state index in [1.807, 2.05) is 6.26 Å². The minimum Gasteiger partial charge on any atom is -0.398 e. The van der Waals surface area contributed by atoms with E-state index < -0.39 is 11.7 Å². The van der Waals surface area contributed by atoms with Crippen molar-refractivity contribution in [3.63, 3.8) is 0 Å². The number of benzene rings is 1. The number of amides is 1. The van der Waals surface area contributed by atoms with Crippen molar-refractivity contribution in [1.29, 1.82) is 0 Å². The van der Waals surface area contributed by atoms with Gasteiger partial charge in [0.1, 0.15) is 5.82 Å². The first kappa shape index (κ1) is 12.6. The number of thioether (sulfide) groups is 1. The average molecular weight is 243 g/mol. The van der Waals surface area contributed by atoms with Crippen LogP contribution < -0.4 is 16.8 Å². The van der Waals surface area contributed by atoms with E-state index in [0.717, 1.165) is 11.8 Å². The molecule has 0 aliphatic heterocycles. The monoisotopic (exact) mass is 243 g/mol. The summed E-state index contributed by atoms with van der Waals surface area (Å²) in [6.07, 6.45) is 1.95. The van der Waals surface area contributed by atoms with Crippen LogP contribution >= 0.6 is 11.8 Å². The summed E-state index contributed by atoms with van der Waals surface area (Å²) < 4.78 is 13.4. The van der Waals surface area contributed by atoms with E-state index in [9.17, 15) is 9.18 Å². The third kappa shape index (κ3) is 3.03. The van der Waals surface area contributed by atoms with Crippen LogP contribution in [0.25, 0.3) is 0 Å². The molecule has 1 amide bonds. The molecule has 0 spiro atoms. The molecule has 0 atom stereocenters. The smallest absolute Gasteiger partial charge is 0.250 e. The molecule has 0 radical (unpaired) electrons. The number of rotatable bonds is 5. The highest BCUT2D eigenvalue weighted by atomic mass is 32.2. The Labute approximate surface area is 97.6 Å². The third-order valence-electron chi connectivity index (χ3n) is 2.03. The fourth-order valence-corrected chi connectivity index (χ4v) is 1.53. The largest absolute Gasteiger partial charge is 0.398 e. The van der Waals surface area contributed by atoms with Gasteiger partial charge in [0.05, 0.1) is 11.3 Å². The van der Waals surface area contributed by atoms with Crippen molar-refractivity contribution in [1.82, 2.24) is 0 Å². The molecule has 16 heavy (non-hydrogen) atoms. The van der Waals surface area contributed by atoms with Crippen molar-refractivity contribution in [3.8, 4) is 0 Å². The first-order chi connectivity index (χ1) is 7.56. The summed E-state index contributed by atoms with van der Waals surface area (Å²) in [5.41, 5.74) is 11.0. The normalized spacial score (nSPS) is 10.1. The van der Waals surface area contributed by atoms with Crippen LogP contribution in [0.3, 0.4) is 0 Å². The molecular formula is C10H14FN3OS. The molecule has 0 aliphatic carbocycles. The van der Waals surface area contributed by atoms with Gasteiger partial charge < -0.3 is 16.8 Å². The maximum absolute atomic E-state index is 13.4. The molecule has 0 aliphatic rings. The number of carbonyl (C=O) groups excluding carboxylic acids is 1. The highest BCUT2D eigenvalue weighted by Gasteiger charge is 2.11. The first-order valence-corrected chi connectivity index (χ1v) is 6.07. The van der Waals surface area contributed by atoms with E-state index in [0.29, 0.717) is 6.54 Å². The van der Waals surface area contributed by atoms with Gasteiger partial charge in [0.15, 0.2) is 0 Å². The summed E-state index contributed by atoms with van der Waals surface area (Å²) in [5.74, 6) is -0.301. The second-order valence-electron chi connectivity index (χ2n) is 3.20. The van der Waals surface area contributed by atoms with Crippen LogP contribution in [0.2, 0.25) is 0 Å². The molecule has 0 aromatic heterocycles. The minimum absolute atomic E-state index is 0.0559. The molecule has 0 saturated heterocycles. The molecule has 4 nitrogen and oxygen atoms in total. The van der Waals surface area contributed by atoms with Gasteiger partial charge in [-0.15, -0.1) is 0 Å². The van der Waals surface area contributed by atoms with Crippen molar-refractivity contribution < 1.29 is 9.18 Å². The van der Waals surface area contributed by atoms with Crippen LogP contribution in [0.1, 0.15) is 10.4 Å². The number of nitrogens with one attached hydrogen (secondary N) is 1. The van der Waals surface area contributed by atoms with Gasteiger partial charge in [-0.25, -0.2) is 4.39 Å². The van der Waals surface area contributed by atoms with Gasteiger partial charge in [-0.05, 0) is 18.4 Å². The van der Waals surface area contributed by atoms with Crippen LogP contribution in [0, 0.1) is 5.82 Å². The lowest BCUT2D eigenvalue weighted by atomic mass is 10.1. The van der Waals surface area contributed by atoms with E-state index in [2.05, 4.69) is 5.32 Å². The van der Waals surface area contributed by atoms with Crippen LogP contribution in [-0.4, -0.2) is 24.5 Å². The van der Waals surface area contributed by atoms with E-state index >= 15 is 0 Å². The zero-order valence-electron chi connectivity index (χ0n) is 8.92. The fourth-order valence-electron chi connectivity index (χ4n) is 1.23. The van der Waals surface area contributed by atoms with Crippen molar-refractivity contribution in [2.45, 2.75) is 0 Å². The van der Waals surface area contributed by atoms with Crippen molar-refractivity contribution in [2.75, 3.05) is 29.6 Å². The van der Waals surface area contributed by atoms with Crippen LogP contribution in [0.15, 0.2) is 12.1 Å². The van der Waals surface area contributed by atoms with E-state index in [4.69, 9.17) is 11.5 Å². The molecule has 0 fully saturated rings. The maximum Gasteiger partial charge on any atom is 0.250 e. The van der Waals surface area contributed by atoms with Gasteiger partial charge in [0.2, 0.25) is 0 Å². The molecule has 0 bridgehead atoms. The Balaban J connectivity index is 2.91. The summed E-state index contributed by atoms with van der Waals surface area (Å²) in [6, 6.07) is 2.44. The summed E-state index contributed by atoms with van der Waals surface area (Å²) in [4.78, 5) is 11.0. The fraction of sp³-hybridized carbons (Fsp3) is 0.300. The second-order valence-corrected chi connectivity index (χ2v) is 4.19. The van der Waals surface area contributed by atoms with Crippen molar-refractivity contribution in [3.05, 3.63) is 23.5 Å². The number of hydrogen-bond donors (Lipinski definition) is 3. The zero-order valence-corrected chi connectivity index (χ0v) is 9.73. The van der Waals surface area contributed by atoms with Gasteiger partial charge in [-0.1, -0.05) is 0 Å². The molecule has 88 valence electrons. The van der Waals surface area contributed by atoms with Gasteiger partial charge in [0, 0.05) is 18.0 Å². The topological polar surface area (TPSA) is 81.1 Å². The maximum atomic E-state index is 13.4. The Morgan fingerprint density at radius 2 is 2.25 bits per heavy atom. The number of anilines is 2. The Morgan fingerprint density at radius 3 is 2.81 bits per heavy atom. The summed E-state index contributed by atoms with van der Waals surface area (Å²) in [7, 11) is 0. The van der Waals surface area contributed by atoms with E-state index in [1.165, 1.54) is 6.07 Å². The summed E-state index contributed by atoms with van der Waals surface area (Å²) in [6.45, 7) is 0.611. The Morgan fingerprint density at radius 1 is 1.56 bits per heavy atom. The molecule has 1 rings (SSSR count). The van der Waals surface area contributed by atoms with Crippen LogP contribution in [-0.2, 0) is 0 Å². The lowest BCUT2D eigenvalue weighted by Crippen LogP contribution is -2.15. The Hall–Kier alpha value is -1.43. The molecule has 0 unspecified atom stereocenters. The number of carbonyl (C=O) groups is 1. The highest BCUT2D eigenvalue weighted by Crippen LogP contribution is 2.21. The molecule has 0 saturated carbocycles. The number of primary amides is 1. The lowest BCUT2D eigenvalue weighted by molar-refractivity contribution is 0.100. The first-order valence-electron chi connectivity index (χ1n) is 4.68. The highest BCUT2D eigenvalue weighted by molar-refractivity contribution is 7.98. The predicted octanol–water partition coefficient (Wildman–Crippen LogP) is 1.28. The summed E-state index contributed by atoms with van der Waals surface area (Å²) >= 11 is 1.64. The molecule has 1 aromatic rings. The minimum atomic E-state index is -0.662.